The van der Waals surface area contributed by atoms with Gasteiger partial charge in [0.25, 0.3) is 5.91 Å². The predicted octanol–water partition coefficient (Wildman–Crippen LogP) is 3.33. The summed E-state index contributed by atoms with van der Waals surface area (Å²) in [7, 11) is 0. The maximum Gasteiger partial charge on any atom is 0.325 e. The molecule has 6 nitrogen and oxygen atoms in total. The van der Waals surface area contributed by atoms with Gasteiger partial charge in [-0.15, -0.1) is 0 Å². The number of imide groups is 1. The molecule has 0 radical (unpaired) electrons. The smallest absolute Gasteiger partial charge is 0.324 e. The van der Waals surface area contributed by atoms with Gasteiger partial charge in [-0.1, -0.05) is 47.5 Å². The fourth-order valence-corrected chi connectivity index (χ4v) is 3.62. The highest BCUT2D eigenvalue weighted by Crippen LogP contribution is 2.29. The van der Waals surface area contributed by atoms with Crippen molar-refractivity contribution in [2.45, 2.75) is 40.2 Å². The molecule has 1 heterocycles. The SMILES string of the molecule is Cc1ccc(C2(C)NC(=O)N(CC(=O)Nc3c(C)cc(C)cc3C)C2=O)cc1. The lowest BCUT2D eigenvalue weighted by atomic mass is 9.91. The minimum absolute atomic E-state index is 0.334. The van der Waals surface area contributed by atoms with Crippen LogP contribution in [-0.4, -0.2) is 29.3 Å². The number of nitrogens with zero attached hydrogens (tertiary/aromatic N) is 1. The van der Waals surface area contributed by atoms with Crippen molar-refractivity contribution in [1.82, 2.24) is 10.2 Å². The topological polar surface area (TPSA) is 78.5 Å². The summed E-state index contributed by atoms with van der Waals surface area (Å²) in [6, 6.07) is 10.8. The van der Waals surface area contributed by atoms with Gasteiger partial charge in [-0.3, -0.25) is 14.5 Å². The lowest BCUT2D eigenvalue weighted by Gasteiger charge is -2.22. The molecular formula is C22H25N3O3. The zero-order valence-electron chi connectivity index (χ0n) is 16.8. The van der Waals surface area contributed by atoms with E-state index in [1.807, 2.05) is 64.1 Å². The summed E-state index contributed by atoms with van der Waals surface area (Å²) < 4.78 is 0. The number of urea groups is 1. The summed E-state index contributed by atoms with van der Waals surface area (Å²) in [5, 5.41) is 5.56. The van der Waals surface area contributed by atoms with Crippen LogP contribution in [0.3, 0.4) is 0 Å². The number of hydrogen-bond acceptors (Lipinski definition) is 3. The Bertz CT molecular complexity index is 942. The molecule has 1 fully saturated rings. The summed E-state index contributed by atoms with van der Waals surface area (Å²) in [4.78, 5) is 38.9. The number of hydrogen-bond donors (Lipinski definition) is 2. The van der Waals surface area contributed by atoms with Crippen molar-refractivity contribution < 1.29 is 14.4 Å². The van der Waals surface area contributed by atoms with Crippen molar-refractivity contribution in [3.05, 3.63) is 64.2 Å². The highest BCUT2D eigenvalue weighted by atomic mass is 16.2. The molecule has 4 amide bonds. The third-order valence-corrected chi connectivity index (χ3v) is 5.15. The molecule has 0 spiro atoms. The van der Waals surface area contributed by atoms with Crippen LogP contribution in [0.4, 0.5) is 10.5 Å². The Morgan fingerprint density at radius 1 is 1.00 bits per heavy atom. The Kier molecular flexibility index (Phi) is 4.98. The minimum atomic E-state index is -1.18. The fraction of sp³-hybridized carbons (Fsp3) is 0.318. The van der Waals surface area contributed by atoms with Crippen LogP contribution in [-0.2, 0) is 15.1 Å². The Morgan fingerprint density at radius 3 is 2.14 bits per heavy atom. The van der Waals surface area contributed by atoms with Crippen LogP contribution in [0, 0.1) is 27.7 Å². The molecule has 2 N–H and O–H groups in total. The van der Waals surface area contributed by atoms with Crippen LogP contribution >= 0.6 is 0 Å². The van der Waals surface area contributed by atoms with Gasteiger partial charge < -0.3 is 10.6 Å². The number of benzene rings is 2. The molecule has 1 aliphatic rings. The van der Waals surface area contributed by atoms with Crippen molar-refractivity contribution in [2.75, 3.05) is 11.9 Å². The lowest BCUT2D eigenvalue weighted by Crippen LogP contribution is -2.42. The number of nitrogens with one attached hydrogen (secondary N) is 2. The first-order valence-electron chi connectivity index (χ1n) is 9.21. The zero-order valence-corrected chi connectivity index (χ0v) is 16.8. The summed E-state index contributed by atoms with van der Waals surface area (Å²) >= 11 is 0. The van der Waals surface area contributed by atoms with Gasteiger partial charge in [0.2, 0.25) is 5.91 Å². The Hall–Kier alpha value is -3.15. The molecule has 2 aromatic rings. The second-order valence-electron chi connectivity index (χ2n) is 7.63. The molecule has 2 aromatic carbocycles. The standard InChI is InChI=1S/C22H25N3O3/c1-13-6-8-17(9-7-13)22(5)20(27)25(21(28)24-22)12-18(26)23-19-15(3)10-14(2)11-16(19)4/h6-11H,12H2,1-5H3,(H,23,26)(H,24,28). The fourth-order valence-electron chi connectivity index (χ4n) is 3.62. The van der Waals surface area contributed by atoms with Crippen LogP contribution in [0.15, 0.2) is 36.4 Å². The molecule has 0 aliphatic carbocycles. The second-order valence-corrected chi connectivity index (χ2v) is 7.63. The lowest BCUT2D eigenvalue weighted by molar-refractivity contribution is -0.133. The second kappa shape index (κ2) is 7.11. The predicted molar refractivity (Wildman–Crippen MR) is 108 cm³/mol. The van der Waals surface area contributed by atoms with E-state index in [1.54, 1.807) is 6.92 Å². The molecular weight excluding hydrogens is 354 g/mol. The zero-order chi connectivity index (χ0) is 20.6. The number of aryl methyl sites for hydroxylation is 4. The van der Waals surface area contributed by atoms with Gasteiger partial charge in [0.15, 0.2) is 0 Å². The first kappa shape index (κ1) is 19.6. The molecule has 6 heteroatoms. The van der Waals surface area contributed by atoms with Gasteiger partial charge in [0.1, 0.15) is 12.1 Å². The van der Waals surface area contributed by atoms with E-state index in [1.165, 1.54) is 0 Å². The van der Waals surface area contributed by atoms with Crippen LogP contribution in [0.5, 0.6) is 0 Å². The molecule has 0 saturated carbocycles. The quantitative estimate of drug-likeness (QED) is 0.800. The number of carbonyl (C=O) groups excluding carboxylic acids is 3. The molecule has 0 aromatic heterocycles. The van der Waals surface area contributed by atoms with Crippen molar-refractivity contribution >= 4 is 23.5 Å². The van der Waals surface area contributed by atoms with Crippen LogP contribution in [0.25, 0.3) is 0 Å². The van der Waals surface area contributed by atoms with Crippen molar-refractivity contribution in [2.24, 2.45) is 0 Å². The van der Waals surface area contributed by atoms with E-state index >= 15 is 0 Å². The Balaban J connectivity index is 1.78. The maximum absolute atomic E-state index is 13.0. The Morgan fingerprint density at radius 2 is 1.57 bits per heavy atom. The van der Waals surface area contributed by atoms with Crippen molar-refractivity contribution in [1.29, 1.82) is 0 Å². The highest BCUT2D eigenvalue weighted by molar-refractivity contribution is 6.10. The molecule has 146 valence electrons. The molecule has 0 bridgehead atoms. The van der Waals surface area contributed by atoms with Gasteiger partial charge >= 0.3 is 6.03 Å². The summed E-state index contributed by atoms with van der Waals surface area (Å²) in [5.74, 6) is -0.847. The number of carbonyl (C=O) groups is 3. The normalized spacial score (nSPS) is 19.0. The highest BCUT2D eigenvalue weighted by Gasteiger charge is 2.49. The van der Waals surface area contributed by atoms with Crippen LogP contribution in [0.1, 0.15) is 34.7 Å². The van der Waals surface area contributed by atoms with Crippen LogP contribution < -0.4 is 10.6 Å². The molecule has 28 heavy (non-hydrogen) atoms. The van der Waals surface area contributed by atoms with E-state index in [-0.39, 0.29) is 6.54 Å². The van der Waals surface area contributed by atoms with Gasteiger partial charge in [0, 0.05) is 5.69 Å². The summed E-state index contributed by atoms with van der Waals surface area (Å²) in [6.07, 6.45) is 0. The molecule has 1 atom stereocenters. The van der Waals surface area contributed by atoms with Gasteiger partial charge in [-0.25, -0.2) is 4.79 Å². The third-order valence-electron chi connectivity index (χ3n) is 5.15. The van der Waals surface area contributed by atoms with E-state index < -0.39 is 23.4 Å². The van der Waals surface area contributed by atoms with Gasteiger partial charge in [0.05, 0.1) is 0 Å². The first-order valence-corrected chi connectivity index (χ1v) is 9.21. The number of rotatable bonds is 4. The van der Waals surface area contributed by atoms with E-state index in [4.69, 9.17) is 0 Å². The molecule has 1 saturated heterocycles. The van der Waals surface area contributed by atoms with Crippen molar-refractivity contribution in [3.63, 3.8) is 0 Å². The maximum atomic E-state index is 13.0. The van der Waals surface area contributed by atoms with Crippen LogP contribution in [0.2, 0.25) is 0 Å². The number of amides is 4. The monoisotopic (exact) mass is 379 g/mol. The Labute approximate surface area is 164 Å². The average molecular weight is 379 g/mol. The minimum Gasteiger partial charge on any atom is -0.324 e. The largest absolute Gasteiger partial charge is 0.325 e. The van der Waals surface area contributed by atoms with E-state index in [9.17, 15) is 14.4 Å². The van der Waals surface area contributed by atoms with Gasteiger partial charge in [-0.05, 0) is 51.3 Å². The van der Waals surface area contributed by atoms with Crippen molar-refractivity contribution in [3.8, 4) is 0 Å². The summed E-state index contributed by atoms with van der Waals surface area (Å²) in [6.45, 7) is 9.09. The van der Waals surface area contributed by atoms with E-state index in [0.717, 1.165) is 27.2 Å². The third kappa shape index (κ3) is 3.50. The molecule has 1 unspecified atom stereocenters. The van der Waals surface area contributed by atoms with Gasteiger partial charge in [-0.2, -0.15) is 0 Å². The van der Waals surface area contributed by atoms with E-state index in [2.05, 4.69) is 10.6 Å². The molecule has 3 rings (SSSR count). The number of anilines is 1. The molecule has 1 aliphatic heterocycles. The first-order chi connectivity index (χ1) is 13.1. The van der Waals surface area contributed by atoms with E-state index in [0.29, 0.717) is 11.3 Å². The average Bonchev–Trinajstić information content (AvgIpc) is 2.83. The summed E-state index contributed by atoms with van der Waals surface area (Å²) in [5.41, 5.74) is 4.26.